The molecule has 96 valence electrons. The molecule has 3 N–H and O–H groups in total. The van der Waals surface area contributed by atoms with Gasteiger partial charge >= 0.3 is 12.0 Å². The van der Waals surface area contributed by atoms with Crippen molar-refractivity contribution in [2.75, 3.05) is 0 Å². The van der Waals surface area contributed by atoms with Crippen LogP contribution in [0.15, 0.2) is 11.3 Å². The summed E-state index contributed by atoms with van der Waals surface area (Å²) in [4.78, 5) is 22.8. The molecule has 1 rings (SSSR count). The summed E-state index contributed by atoms with van der Waals surface area (Å²) in [5, 5.41) is 14.6. The average Bonchev–Trinajstić information content (AvgIpc) is 2.14. The number of carboxylic acids is 1. The highest BCUT2D eigenvalue weighted by Gasteiger charge is 2.32. The third-order valence-corrected chi connectivity index (χ3v) is 2.71. The van der Waals surface area contributed by atoms with Crippen LogP contribution in [0.2, 0.25) is 0 Å². The first-order valence-electron chi connectivity index (χ1n) is 5.87. The van der Waals surface area contributed by atoms with Crippen molar-refractivity contribution in [3.8, 4) is 0 Å². The minimum Gasteiger partial charge on any atom is -0.478 e. The predicted octanol–water partition coefficient (Wildman–Crippen LogP) is 1.71. The summed E-state index contributed by atoms with van der Waals surface area (Å²) in [6.45, 7) is 7.75. The van der Waals surface area contributed by atoms with Gasteiger partial charge in [-0.2, -0.15) is 0 Å². The highest BCUT2D eigenvalue weighted by molar-refractivity contribution is 5.93. The number of rotatable bonds is 4. The third kappa shape index (κ3) is 3.22. The molecule has 1 aliphatic heterocycles. The molecule has 17 heavy (non-hydrogen) atoms. The Morgan fingerprint density at radius 1 is 1.35 bits per heavy atom. The average molecular weight is 240 g/mol. The van der Waals surface area contributed by atoms with Gasteiger partial charge in [-0.1, -0.05) is 27.7 Å². The Morgan fingerprint density at radius 2 is 1.94 bits per heavy atom. The van der Waals surface area contributed by atoms with E-state index in [1.54, 1.807) is 0 Å². The molecule has 5 nitrogen and oxygen atoms in total. The first kappa shape index (κ1) is 13.5. The Kier molecular flexibility index (Phi) is 4.15. The van der Waals surface area contributed by atoms with E-state index in [4.69, 9.17) is 0 Å². The van der Waals surface area contributed by atoms with Crippen LogP contribution in [0, 0.1) is 11.8 Å². The van der Waals surface area contributed by atoms with Gasteiger partial charge in [0.15, 0.2) is 0 Å². The molecule has 0 saturated carbocycles. The number of hydrogen-bond donors (Lipinski definition) is 3. The van der Waals surface area contributed by atoms with Crippen LogP contribution in [0.5, 0.6) is 0 Å². The molecule has 0 bridgehead atoms. The molecule has 5 heteroatoms. The van der Waals surface area contributed by atoms with E-state index in [0.29, 0.717) is 18.0 Å². The summed E-state index contributed by atoms with van der Waals surface area (Å²) in [5.41, 5.74) is 0.806. The van der Waals surface area contributed by atoms with Crippen LogP contribution >= 0.6 is 0 Å². The van der Waals surface area contributed by atoms with Gasteiger partial charge in [-0.25, -0.2) is 9.59 Å². The molecule has 0 aromatic heterocycles. The summed E-state index contributed by atoms with van der Waals surface area (Å²) in [6, 6.07) is -0.719. The normalized spacial score (nSPS) is 20.6. The van der Waals surface area contributed by atoms with Crippen molar-refractivity contribution >= 4 is 12.0 Å². The molecule has 0 saturated heterocycles. The zero-order valence-electron chi connectivity index (χ0n) is 10.7. The van der Waals surface area contributed by atoms with E-state index in [2.05, 4.69) is 10.6 Å². The van der Waals surface area contributed by atoms with E-state index in [0.717, 1.165) is 0 Å². The standard InChI is InChI=1S/C12H20N2O3/c1-6(2)5-8-9(11(15)16)10(7(3)4)14-12(17)13-8/h6-8H,5H2,1-4H3,(H,15,16)(H2,13,14,17). The van der Waals surface area contributed by atoms with Crippen LogP contribution in [-0.2, 0) is 4.79 Å². The van der Waals surface area contributed by atoms with Gasteiger partial charge in [-0.05, 0) is 18.3 Å². The molecule has 2 amide bonds. The fraction of sp³-hybridized carbons (Fsp3) is 0.667. The largest absolute Gasteiger partial charge is 0.478 e. The minimum absolute atomic E-state index is 0.0122. The van der Waals surface area contributed by atoms with E-state index in [1.807, 2.05) is 27.7 Å². The van der Waals surface area contributed by atoms with E-state index in [9.17, 15) is 14.7 Å². The molecule has 0 aliphatic carbocycles. The lowest BCUT2D eigenvalue weighted by Crippen LogP contribution is -2.51. The number of carbonyl (C=O) groups excluding carboxylic acids is 1. The van der Waals surface area contributed by atoms with Gasteiger partial charge in [0.1, 0.15) is 0 Å². The monoisotopic (exact) mass is 240 g/mol. The van der Waals surface area contributed by atoms with Gasteiger partial charge in [-0.3, -0.25) is 0 Å². The number of amides is 2. The maximum atomic E-state index is 11.5. The van der Waals surface area contributed by atoms with Crippen molar-refractivity contribution in [1.82, 2.24) is 10.6 Å². The first-order valence-corrected chi connectivity index (χ1v) is 5.87. The predicted molar refractivity (Wildman–Crippen MR) is 64.4 cm³/mol. The molecule has 1 aliphatic rings. The van der Waals surface area contributed by atoms with E-state index >= 15 is 0 Å². The summed E-state index contributed by atoms with van der Waals surface area (Å²) >= 11 is 0. The number of aliphatic carboxylic acids is 1. The van der Waals surface area contributed by atoms with Crippen LogP contribution in [0.25, 0.3) is 0 Å². The molecular formula is C12H20N2O3. The fourth-order valence-corrected chi connectivity index (χ4v) is 2.01. The lowest BCUT2D eigenvalue weighted by atomic mass is 9.91. The maximum absolute atomic E-state index is 11.5. The SMILES string of the molecule is CC(C)CC1NC(=O)NC(C(C)C)=C1C(=O)O. The highest BCUT2D eigenvalue weighted by Crippen LogP contribution is 2.23. The van der Waals surface area contributed by atoms with Crippen molar-refractivity contribution < 1.29 is 14.7 Å². The van der Waals surface area contributed by atoms with Gasteiger partial charge in [0, 0.05) is 5.70 Å². The van der Waals surface area contributed by atoms with Gasteiger partial charge in [-0.15, -0.1) is 0 Å². The second-order valence-corrected chi connectivity index (χ2v) is 5.07. The molecule has 0 fully saturated rings. The Bertz CT molecular complexity index is 359. The van der Waals surface area contributed by atoms with Crippen molar-refractivity contribution in [2.45, 2.75) is 40.2 Å². The van der Waals surface area contributed by atoms with Crippen LogP contribution in [0.1, 0.15) is 34.1 Å². The molecule has 1 unspecified atom stereocenters. The second-order valence-electron chi connectivity index (χ2n) is 5.07. The third-order valence-electron chi connectivity index (χ3n) is 2.71. The smallest absolute Gasteiger partial charge is 0.335 e. The Morgan fingerprint density at radius 3 is 2.35 bits per heavy atom. The zero-order chi connectivity index (χ0) is 13.2. The van der Waals surface area contributed by atoms with E-state index in [-0.39, 0.29) is 17.5 Å². The van der Waals surface area contributed by atoms with E-state index < -0.39 is 12.0 Å². The molecule has 0 radical (unpaired) electrons. The molecule has 1 atom stereocenters. The van der Waals surface area contributed by atoms with Crippen molar-refractivity contribution in [1.29, 1.82) is 0 Å². The number of carboxylic acid groups (broad SMARTS) is 1. The van der Waals surface area contributed by atoms with Gasteiger partial charge in [0.25, 0.3) is 0 Å². The molecule has 0 aromatic rings. The Labute approximate surface area is 101 Å². The molecule has 0 aromatic carbocycles. The van der Waals surface area contributed by atoms with Crippen LogP contribution in [-0.4, -0.2) is 23.1 Å². The molecular weight excluding hydrogens is 220 g/mol. The van der Waals surface area contributed by atoms with Crippen LogP contribution in [0.3, 0.4) is 0 Å². The number of urea groups is 1. The number of carbonyl (C=O) groups is 2. The topological polar surface area (TPSA) is 78.4 Å². The van der Waals surface area contributed by atoms with Crippen LogP contribution in [0.4, 0.5) is 4.79 Å². The zero-order valence-corrected chi connectivity index (χ0v) is 10.7. The summed E-state index contributed by atoms with van der Waals surface area (Å²) in [5.74, 6) is -0.658. The van der Waals surface area contributed by atoms with E-state index in [1.165, 1.54) is 0 Å². The maximum Gasteiger partial charge on any atom is 0.335 e. The Balaban J connectivity index is 3.13. The molecule has 1 heterocycles. The van der Waals surface area contributed by atoms with Crippen molar-refractivity contribution in [3.63, 3.8) is 0 Å². The Hall–Kier alpha value is -1.52. The number of allylic oxidation sites excluding steroid dienone is 1. The summed E-state index contributed by atoms with van der Waals surface area (Å²) in [6.07, 6.45) is 0.630. The second kappa shape index (κ2) is 5.21. The first-order chi connectivity index (χ1) is 7.82. The number of hydrogen-bond acceptors (Lipinski definition) is 2. The van der Waals surface area contributed by atoms with Crippen molar-refractivity contribution in [2.24, 2.45) is 11.8 Å². The number of nitrogens with one attached hydrogen (secondary N) is 2. The van der Waals surface area contributed by atoms with Crippen molar-refractivity contribution in [3.05, 3.63) is 11.3 Å². The van der Waals surface area contributed by atoms with Gasteiger partial charge < -0.3 is 15.7 Å². The minimum atomic E-state index is -0.966. The fourth-order valence-electron chi connectivity index (χ4n) is 2.01. The lowest BCUT2D eigenvalue weighted by Gasteiger charge is -2.30. The highest BCUT2D eigenvalue weighted by atomic mass is 16.4. The molecule has 0 spiro atoms. The van der Waals surface area contributed by atoms with Gasteiger partial charge in [0.2, 0.25) is 0 Å². The lowest BCUT2D eigenvalue weighted by molar-refractivity contribution is -0.133. The summed E-state index contributed by atoms with van der Waals surface area (Å²) in [7, 11) is 0. The van der Waals surface area contributed by atoms with Gasteiger partial charge in [0.05, 0.1) is 11.6 Å². The quantitative estimate of drug-likeness (QED) is 0.700. The summed E-state index contributed by atoms with van der Waals surface area (Å²) < 4.78 is 0. The van der Waals surface area contributed by atoms with Crippen LogP contribution < -0.4 is 10.6 Å².